The van der Waals surface area contributed by atoms with Crippen molar-refractivity contribution in [1.29, 1.82) is 0 Å². The van der Waals surface area contributed by atoms with E-state index >= 15 is 0 Å². The maximum absolute atomic E-state index is 12.4. The van der Waals surface area contributed by atoms with Crippen LogP contribution in [0.25, 0.3) is 0 Å². The summed E-state index contributed by atoms with van der Waals surface area (Å²) in [5, 5.41) is 0. The van der Waals surface area contributed by atoms with Crippen molar-refractivity contribution in [1.82, 2.24) is 4.90 Å². The van der Waals surface area contributed by atoms with E-state index in [1.54, 1.807) is 12.1 Å². The second-order valence-electron chi connectivity index (χ2n) is 4.85. The van der Waals surface area contributed by atoms with Crippen LogP contribution in [0.15, 0.2) is 42.1 Å². The van der Waals surface area contributed by atoms with Gasteiger partial charge in [0.05, 0.1) is 25.3 Å². The van der Waals surface area contributed by atoms with Crippen molar-refractivity contribution in [2.75, 3.05) is 31.2 Å². The SMILES string of the molecule is O=C1C/C(=C\N2CCOCC2)C(=O)N1c1ccccc1. The molecule has 0 radical (unpaired) electrons. The Morgan fingerprint density at radius 3 is 2.45 bits per heavy atom. The van der Waals surface area contributed by atoms with Crippen LogP contribution in [0.4, 0.5) is 5.69 Å². The number of benzene rings is 1. The summed E-state index contributed by atoms with van der Waals surface area (Å²) in [6.45, 7) is 2.84. The summed E-state index contributed by atoms with van der Waals surface area (Å²) >= 11 is 0. The van der Waals surface area contributed by atoms with Gasteiger partial charge < -0.3 is 9.64 Å². The van der Waals surface area contributed by atoms with E-state index in [2.05, 4.69) is 0 Å². The van der Waals surface area contributed by atoms with Crippen molar-refractivity contribution in [3.63, 3.8) is 0 Å². The Hall–Kier alpha value is -2.14. The Labute approximate surface area is 117 Å². The number of para-hydroxylation sites is 1. The molecule has 0 atom stereocenters. The molecule has 1 aromatic carbocycles. The second-order valence-corrected chi connectivity index (χ2v) is 4.85. The number of hydrogen-bond donors (Lipinski definition) is 0. The first-order valence-corrected chi connectivity index (χ1v) is 6.70. The standard InChI is InChI=1S/C15H16N2O3/c18-14-10-12(11-16-6-8-20-9-7-16)15(19)17(14)13-4-2-1-3-5-13/h1-5,11H,6-10H2/b12-11+. The first-order chi connectivity index (χ1) is 9.75. The number of ether oxygens (including phenoxy) is 1. The van der Waals surface area contributed by atoms with Gasteiger partial charge >= 0.3 is 0 Å². The van der Waals surface area contributed by atoms with Gasteiger partial charge in [-0.3, -0.25) is 9.59 Å². The molecule has 2 aliphatic heterocycles. The molecule has 104 valence electrons. The molecule has 0 N–H and O–H groups in total. The topological polar surface area (TPSA) is 49.9 Å². The first kappa shape index (κ1) is 12.9. The summed E-state index contributed by atoms with van der Waals surface area (Å²) in [6.07, 6.45) is 1.98. The molecule has 20 heavy (non-hydrogen) atoms. The fraction of sp³-hybridized carbons (Fsp3) is 0.333. The molecule has 0 saturated carbocycles. The molecule has 0 unspecified atom stereocenters. The van der Waals surface area contributed by atoms with Gasteiger partial charge in [-0.2, -0.15) is 0 Å². The summed E-state index contributed by atoms with van der Waals surface area (Å²) < 4.78 is 5.27. The molecule has 0 aromatic heterocycles. The zero-order chi connectivity index (χ0) is 13.9. The van der Waals surface area contributed by atoms with Crippen LogP contribution in [0.1, 0.15) is 6.42 Å². The molecule has 0 spiro atoms. The molecule has 2 fully saturated rings. The number of hydrogen-bond acceptors (Lipinski definition) is 4. The maximum Gasteiger partial charge on any atom is 0.262 e. The van der Waals surface area contributed by atoms with Crippen molar-refractivity contribution in [3.8, 4) is 0 Å². The minimum absolute atomic E-state index is 0.166. The van der Waals surface area contributed by atoms with Crippen molar-refractivity contribution in [2.45, 2.75) is 6.42 Å². The Balaban J connectivity index is 1.81. The van der Waals surface area contributed by atoms with Gasteiger partial charge in [-0.1, -0.05) is 18.2 Å². The molecule has 0 bridgehead atoms. The van der Waals surface area contributed by atoms with E-state index in [-0.39, 0.29) is 18.2 Å². The van der Waals surface area contributed by atoms with Gasteiger partial charge in [-0.25, -0.2) is 4.90 Å². The highest BCUT2D eigenvalue weighted by molar-refractivity contribution is 6.28. The largest absolute Gasteiger partial charge is 0.378 e. The summed E-state index contributed by atoms with van der Waals surface area (Å²) in [5.41, 5.74) is 1.19. The minimum Gasteiger partial charge on any atom is -0.378 e. The van der Waals surface area contributed by atoms with Crippen LogP contribution in [-0.2, 0) is 14.3 Å². The molecule has 2 heterocycles. The number of imide groups is 1. The second kappa shape index (κ2) is 5.46. The molecule has 1 aromatic rings. The third kappa shape index (κ3) is 2.44. The number of nitrogens with zero attached hydrogens (tertiary/aromatic N) is 2. The van der Waals surface area contributed by atoms with Crippen molar-refractivity contribution >= 4 is 17.5 Å². The Morgan fingerprint density at radius 1 is 1.05 bits per heavy atom. The van der Waals surface area contributed by atoms with Crippen LogP contribution in [0.5, 0.6) is 0 Å². The van der Waals surface area contributed by atoms with Crippen LogP contribution < -0.4 is 4.90 Å². The lowest BCUT2D eigenvalue weighted by Gasteiger charge is -2.25. The van der Waals surface area contributed by atoms with Gasteiger partial charge in [0.1, 0.15) is 0 Å². The van der Waals surface area contributed by atoms with E-state index < -0.39 is 0 Å². The van der Waals surface area contributed by atoms with Crippen LogP contribution in [0.3, 0.4) is 0 Å². The predicted octanol–water partition coefficient (Wildman–Crippen LogP) is 1.17. The average molecular weight is 272 g/mol. The van der Waals surface area contributed by atoms with Crippen molar-refractivity contribution < 1.29 is 14.3 Å². The van der Waals surface area contributed by atoms with Crippen LogP contribution in [0.2, 0.25) is 0 Å². The zero-order valence-electron chi connectivity index (χ0n) is 11.1. The molecular formula is C15H16N2O3. The number of amides is 2. The van der Waals surface area contributed by atoms with E-state index in [1.165, 1.54) is 4.90 Å². The first-order valence-electron chi connectivity index (χ1n) is 6.70. The van der Waals surface area contributed by atoms with Crippen LogP contribution in [0, 0.1) is 0 Å². The third-order valence-corrected chi connectivity index (χ3v) is 3.47. The van der Waals surface area contributed by atoms with Gasteiger partial charge in [0.15, 0.2) is 0 Å². The van der Waals surface area contributed by atoms with Gasteiger partial charge in [-0.05, 0) is 12.1 Å². The number of carbonyl (C=O) groups excluding carboxylic acids is 2. The quantitative estimate of drug-likeness (QED) is 0.599. The monoisotopic (exact) mass is 272 g/mol. The van der Waals surface area contributed by atoms with Crippen LogP contribution >= 0.6 is 0 Å². The molecule has 0 aliphatic carbocycles. The van der Waals surface area contributed by atoms with E-state index in [0.29, 0.717) is 24.5 Å². The molecule has 2 aliphatic rings. The van der Waals surface area contributed by atoms with Gasteiger partial charge in [-0.15, -0.1) is 0 Å². The van der Waals surface area contributed by atoms with Crippen molar-refractivity contribution in [3.05, 3.63) is 42.1 Å². The molecule has 2 saturated heterocycles. The van der Waals surface area contributed by atoms with Gasteiger partial charge in [0, 0.05) is 24.9 Å². The smallest absolute Gasteiger partial charge is 0.262 e. The zero-order valence-corrected chi connectivity index (χ0v) is 11.1. The van der Waals surface area contributed by atoms with Gasteiger partial charge in [0.2, 0.25) is 5.91 Å². The number of rotatable bonds is 2. The molecule has 5 nitrogen and oxygen atoms in total. The molecule has 3 rings (SSSR count). The Morgan fingerprint density at radius 2 is 1.75 bits per heavy atom. The van der Waals surface area contributed by atoms with E-state index in [9.17, 15) is 9.59 Å². The molecule has 5 heteroatoms. The fourth-order valence-electron chi connectivity index (χ4n) is 2.44. The third-order valence-electron chi connectivity index (χ3n) is 3.47. The highest BCUT2D eigenvalue weighted by Crippen LogP contribution is 2.26. The molecule has 2 amide bonds. The minimum atomic E-state index is -0.215. The number of morpholine rings is 1. The number of anilines is 1. The summed E-state index contributed by atoms with van der Waals surface area (Å²) in [5.74, 6) is -0.381. The highest BCUT2D eigenvalue weighted by Gasteiger charge is 2.35. The summed E-state index contributed by atoms with van der Waals surface area (Å²) in [7, 11) is 0. The maximum atomic E-state index is 12.4. The lowest BCUT2D eigenvalue weighted by atomic mass is 10.2. The predicted molar refractivity (Wildman–Crippen MR) is 74.0 cm³/mol. The normalized spacial score (nSPS) is 21.9. The lowest BCUT2D eigenvalue weighted by Crippen LogP contribution is -2.33. The summed E-state index contributed by atoms with van der Waals surface area (Å²) in [6, 6.07) is 9.04. The average Bonchev–Trinajstić information content (AvgIpc) is 2.75. The van der Waals surface area contributed by atoms with E-state index in [4.69, 9.17) is 4.74 Å². The van der Waals surface area contributed by atoms with Gasteiger partial charge in [0.25, 0.3) is 5.91 Å². The summed E-state index contributed by atoms with van der Waals surface area (Å²) in [4.78, 5) is 27.7. The highest BCUT2D eigenvalue weighted by atomic mass is 16.5. The van der Waals surface area contributed by atoms with Crippen molar-refractivity contribution in [2.24, 2.45) is 0 Å². The lowest BCUT2D eigenvalue weighted by molar-refractivity contribution is -0.120. The number of carbonyl (C=O) groups is 2. The van der Waals surface area contributed by atoms with E-state index in [1.807, 2.05) is 29.3 Å². The Kier molecular flexibility index (Phi) is 3.52. The van der Waals surface area contributed by atoms with Crippen LogP contribution in [-0.4, -0.2) is 43.0 Å². The van der Waals surface area contributed by atoms with E-state index in [0.717, 1.165) is 13.1 Å². The Bertz CT molecular complexity index is 547. The fourth-order valence-corrected chi connectivity index (χ4v) is 2.44. The molecular weight excluding hydrogens is 256 g/mol.